The van der Waals surface area contributed by atoms with Crippen molar-refractivity contribution < 1.29 is 0 Å². The van der Waals surface area contributed by atoms with E-state index >= 15 is 0 Å². The van der Waals surface area contributed by atoms with Crippen LogP contribution in [0.5, 0.6) is 0 Å². The number of rotatable bonds is 10. The number of pyridine rings is 1. The molecule has 0 aliphatic heterocycles. The Labute approximate surface area is 386 Å². The summed E-state index contributed by atoms with van der Waals surface area (Å²) in [7, 11) is 0. The highest BCUT2D eigenvalue weighted by Crippen LogP contribution is 2.49. The molecule has 0 bridgehead atoms. The zero-order valence-electron chi connectivity index (χ0n) is 36.2. The van der Waals surface area contributed by atoms with Crippen LogP contribution in [0.25, 0.3) is 112 Å². The van der Waals surface area contributed by atoms with Gasteiger partial charge in [0.25, 0.3) is 0 Å². The molecular weight excluding hydrogens is 799 g/mol. The fourth-order valence-electron chi connectivity index (χ4n) is 8.87. The van der Waals surface area contributed by atoms with Crippen molar-refractivity contribution in [3.05, 3.63) is 261 Å². The van der Waals surface area contributed by atoms with E-state index < -0.39 is 0 Å². The van der Waals surface area contributed by atoms with Crippen molar-refractivity contribution in [1.82, 2.24) is 15.0 Å². The van der Waals surface area contributed by atoms with Crippen molar-refractivity contribution in [2.45, 2.75) is 0 Å². The topological polar surface area (TPSA) is 38.7 Å². The van der Waals surface area contributed by atoms with E-state index in [2.05, 4.69) is 237 Å². The largest absolute Gasteiger partial charge is 0.246 e. The van der Waals surface area contributed by atoms with Gasteiger partial charge >= 0.3 is 0 Å². The van der Waals surface area contributed by atoms with Gasteiger partial charge in [-0.3, -0.25) is 0 Å². The van der Waals surface area contributed by atoms with Gasteiger partial charge in [-0.1, -0.05) is 249 Å². The summed E-state index contributed by atoms with van der Waals surface area (Å²) in [6.45, 7) is 0. The molecule has 11 aromatic rings. The molecule has 0 amide bonds. The average Bonchev–Trinajstić information content (AvgIpc) is 3.42. The van der Waals surface area contributed by atoms with Crippen LogP contribution in [-0.4, -0.2) is 15.0 Å². The second-order valence-electron chi connectivity index (χ2n) is 16.3. The highest BCUT2D eigenvalue weighted by atomic mass is 14.9. The van der Waals surface area contributed by atoms with E-state index in [-0.39, 0.29) is 0 Å². The van der Waals surface area contributed by atoms with Gasteiger partial charge < -0.3 is 0 Å². The summed E-state index contributed by atoms with van der Waals surface area (Å²) in [4.78, 5) is 15.9. The van der Waals surface area contributed by atoms with Gasteiger partial charge in [-0.05, 0) is 51.1 Å². The first kappa shape index (κ1) is 40.0. The van der Waals surface area contributed by atoms with Crippen molar-refractivity contribution in [1.29, 1.82) is 0 Å². The molecule has 0 aliphatic carbocycles. The summed E-state index contributed by atoms with van der Waals surface area (Å²) >= 11 is 0. The summed E-state index contributed by atoms with van der Waals surface area (Å²) < 4.78 is 0. The molecule has 310 valence electrons. The van der Waals surface area contributed by atoms with Crippen LogP contribution in [0.15, 0.2) is 261 Å². The molecule has 0 radical (unpaired) electrons. The second kappa shape index (κ2) is 18.1. The molecule has 0 N–H and O–H groups in total. The molecular formula is C63H43N3. The summed E-state index contributed by atoms with van der Waals surface area (Å²) in [6.07, 6.45) is 0. The molecule has 0 fully saturated rings. The molecule has 0 unspecified atom stereocenters. The van der Waals surface area contributed by atoms with E-state index in [0.717, 1.165) is 95.1 Å². The maximum Gasteiger partial charge on any atom is 0.160 e. The number of hydrogen-bond acceptors (Lipinski definition) is 3. The molecule has 3 nitrogen and oxygen atoms in total. The van der Waals surface area contributed by atoms with Crippen LogP contribution >= 0.6 is 0 Å². The third-order valence-corrected chi connectivity index (χ3v) is 12.1. The number of hydrogen-bond donors (Lipinski definition) is 0. The average molecular weight is 842 g/mol. The Balaban J connectivity index is 1.05. The van der Waals surface area contributed by atoms with E-state index in [9.17, 15) is 0 Å². The zero-order chi connectivity index (χ0) is 44.1. The minimum atomic E-state index is 0.690. The van der Waals surface area contributed by atoms with Gasteiger partial charge in [0, 0.05) is 44.5 Å². The summed E-state index contributed by atoms with van der Waals surface area (Å²) in [5.74, 6) is 0.690. The summed E-state index contributed by atoms with van der Waals surface area (Å²) in [5.41, 5.74) is 20.0. The molecule has 9 aromatic carbocycles. The summed E-state index contributed by atoms with van der Waals surface area (Å²) in [5, 5.41) is 0. The first-order valence-corrected chi connectivity index (χ1v) is 22.3. The number of nitrogens with zero attached hydrogens (tertiary/aromatic N) is 3. The Hall–Kier alpha value is -8.79. The number of benzene rings is 9. The van der Waals surface area contributed by atoms with Crippen LogP contribution < -0.4 is 0 Å². The molecule has 3 heteroatoms. The third kappa shape index (κ3) is 8.14. The molecule has 0 saturated carbocycles. The zero-order valence-corrected chi connectivity index (χ0v) is 36.2. The molecule has 0 spiro atoms. The van der Waals surface area contributed by atoms with Gasteiger partial charge in [-0.25, -0.2) is 15.0 Å². The van der Waals surface area contributed by atoms with Crippen LogP contribution in [0.1, 0.15) is 0 Å². The fourth-order valence-corrected chi connectivity index (χ4v) is 8.87. The third-order valence-electron chi connectivity index (χ3n) is 12.1. The van der Waals surface area contributed by atoms with Gasteiger partial charge in [0.15, 0.2) is 5.82 Å². The summed E-state index contributed by atoms with van der Waals surface area (Å²) in [6, 6.07) is 91.7. The molecule has 0 atom stereocenters. The first-order valence-electron chi connectivity index (χ1n) is 22.3. The Morgan fingerprint density at radius 2 is 0.500 bits per heavy atom. The minimum absolute atomic E-state index is 0.690. The van der Waals surface area contributed by atoms with Gasteiger partial charge in [-0.15, -0.1) is 0 Å². The molecule has 11 rings (SSSR count). The Morgan fingerprint density at radius 3 is 0.985 bits per heavy atom. The van der Waals surface area contributed by atoms with E-state index in [4.69, 9.17) is 15.0 Å². The molecule has 2 heterocycles. The van der Waals surface area contributed by atoms with E-state index in [1.165, 1.54) is 11.1 Å². The molecule has 0 aliphatic rings. The first-order chi connectivity index (χ1) is 32.7. The Kier molecular flexibility index (Phi) is 11.0. The van der Waals surface area contributed by atoms with E-state index in [1.54, 1.807) is 0 Å². The van der Waals surface area contributed by atoms with Gasteiger partial charge in [0.2, 0.25) is 0 Å². The Bertz CT molecular complexity index is 3290. The van der Waals surface area contributed by atoms with Crippen LogP contribution in [0.3, 0.4) is 0 Å². The van der Waals surface area contributed by atoms with Crippen molar-refractivity contribution in [3.63, 3.8) is 0 Å². The van der Waals surface area contributed by atoms with Crippen LogP contribution in [-0.2, 0) is 0 Å². The lowest BCUT2D eigenvalue weighted by molar-refractivity contribution is 1.18. The van der Waals surface area contributed by atoms with Gasteiger partial charge in [0.1, 0.15) is 0 Å². The standard InChI is InChI=1S/C63H43N3/c1-7-20-44(21-8-1)45-34-38-47(39-35-45)56-43-57(65-63(64-56)53-30-17-6-18-31-53)55-33-19-32-54(42-55)46-36-40-50(41-37-46)58-59(48-22-9-2-10-23-48)61(51-26-13-4-14-27-51)66-62(52-28-15-5-16-29-52)60(58)49-24-11-3-12-25-49/h1-43H. The molecule has 2 aromatic heterocycles. The highest BCUT2D eigenvalue weighted by Gasteiger charge is 2.25. The van der Waals surface area contributed by atoms with Gasteiger partial charge in [-0.2, -0.15) is 0 Å². The van der Waals surface area contributed by atoms with Crippen molar-refractivity contribution >= 4 is 0 Å². The molecule has 0 saturated heterocycles. The predicted octanol–water partition coefficient (Wildman–Crippen LogP) is 16.5. The maximum absolute atomic E-state index is 5.61. The monoisotopic (exact) mass is 841 g/mol. The smallest absolute Gasteiger partial charge is 0.160 e. The van der Waals surface area contributed by atoms with Crippen LogP contribution in [0.2, 0.25) is 0 Å². The maximum atomic E-state index is 5.61. The van der Waals surface area contributed by atoms with Gasteiger partial charge in [0.05, 0.1) is 22.8 Å². The quantitative estimate of drug-likeness (QED) is 0.138. The highest BCUT2D eigenvalue weighted by molar-refractivity contribution is 6.05. The second-order valence-corrected chi connectivity index (χ2v) is 16.3. The van der Waals surface area contributed by atoms with Crippen LogP contribution in [0, 0.1) is 0 Å². The van der Waals surface area contributed by atoms with Crippen molar-refractivity contribution in [2.24, 2.45) is 0 Å². The predicted molar refractivity (Wildman–Crippen MR) is 274 cm³/mol. The lowest BCUT2D eigenvalue weighted by atomic mass is 9.83. The lowest BCUT2D eigenvalue weighted by Gasteiger charge is -2.23. The Morgan fingerprint density at radius 1 is 0.182 bits per heavy atom. The van der Waals surface area contributed by atoms with Crippen molar-refractivity contribution in [3.8, 4) is 112 Å². The van der Waals surface area contributed by atoms with Crippen LogP contribution in [0.4, 0.5) is 0 Å². The van der Waals surface area contributed by atoms with E-state index in [1.807, 2.05) is 24.3 Å². The van der Waals surface area contributed by atoms with Crippen molar-refractivity contribution in [2.75, 3.05) is 0 Å². The normalized spacial score (nSPS) is 11.0. The lowest BCUT2D eigenvalue weighted by Crippen LogP contribution is -2.01. The fraction of sp³-hybridized carbons (Fsp3) is 0. The SMILES string of the molecule is c1ccc(-c2ccc(-c3cc(-c4cccc(-c5ccc(-c6c(-c7ccccc7)c(-c7ccccc7)nc(-c7ccccc7)c6-c6ccccc6)cc5)c4)nc(-c4ccccc4)n3)cc2)cc1. The number of aromatic nitrogens is 3. The van der Waals surface area contributed by atoms with E-state index in [0.29, 0.717) is 5.82 Å². The molecule has 66 heavy (non-hydrogen) atoms. The minimum Gasteiger partial charge on any atom is -0.246 e.